The molecular formula is C10H20O4. The van der Waals surface area contributed by atoms with E-state index in [1.54, 1.807) is 13.8 Å². The third kappa shape index (κ3) is 6.71. The average molecular weight is 204 g/mol. The highest BCUT2D eigenvalue weighted by molar-refractivity contribution is 5.59. The summed E-state index contributed by atoms with van der Waals surface area (Å²) in [6, 6.07) is 0. The highest BCUT2D eigenvalue weighted by Gasteiger charge is 2.08. The van der Waals surface area contributed by atoms with Crippen LogP contribution in [0, 0.1) is 0 Å². The summed E-state index contributed by atoms with van der Waals surface area (Å²) in [6.45, 7) is 7.56. The lowest BCUT2D eigenvalue weighted by Gasteiger charge is -2.14. The maximum absolute atomic E-state index is 10.9. The normalized spacial score (nSPS) is 10.7. The molecule has 0 saturated carbocycles. The molecule has 4 nitrogen and oxygen atoms in total. The van der Waals surface area contributed by atoms with E-state index in [0.717, 1.165) is 12.8 Å². The summed E-state index contributed by atoms with van der Waals surface area (Å²) >= 11 is 0. The average Bonchev–Trinajstić information content (AvgIpc) is 2.11. The zero-order chi connectivity index (χ0) is 11.0. The number of carbonyl (C=O) groups excluding carboxylic acids is 1. The van der Waals surface area contributed by atoms with Gasteiger partial charge in [-0.25, -0.2) is 4.79 Å². The molecule has 0 bridgehead atoms. The SMILES string of the molecule is CCC(CC)OCOC(=O)OC(C)C. The largest absolute Gasteiger partial charge is 0.510 e. The van der Waals surface area contributed by atoms with E-state index in [9.17, 15) is 4.79 Å². The molecule has 0 atom stereocenters. The van der Waals surface area contributed by atoms with Gasteiger partial charge in [-0.1, -0.05) is 13.8 Å². The van der Waals surface area contributed by atoms with Crippen LogP contribution in [0.2, 0.25) is 0 Å². The monoisotopic (exact) mass is 204 g/mol. The van der Waals surface area contributed by atoms with E-state index in [4.69, 9.17) is 14.2 Å². The zero-order valence-electron chi connectivity index (χ0n) is 9.41. The van der Waals surface area contributed by atoms with E-state index >= 15 is 0 Å². The first-order chi connectivity index (χ1) is 6.60. The van der Waals surface area contributed by atoms with Gasteiger partial charge in [-0.2, -0.15) is 0 Å². The molecule has 0 N–H and O–H groups in total. The van der Waals surface area contributed by atoms with Crippen LogP contribution in [0.15, 0.2) is 0 Å². The Morgan fingerprint density at radius 1 is 1.21 bits per heavy atom. The second kappa shape index (κ2) is 7.62. The van der Waals surface area contributed by atoms with Crippen LogP contribution in [-0.4, -0.2) is 25.2 Å². The Morgan fingerprint density at radius 2 is 1.79 bits per heavy atom. The molecule has 0 saturated heterocycles. The van der Waals surface area contributed by atoms with Crippen LogP contribution in [0.3, 0.4) is 0 Å². The minimum absolute atomic E-state index is 0.0299. The number of ether oxygens (including phenoxy) is 3. The maximum atomic E-state index is 10.9. The van der Waals surface area contributed by atoms with Crippen molar-refractivity contribution < 1.29 is 19.0 Å². The van der Waals surface area contributed by atoms with Crippen molar-refractivity contribution in [2.45, 2.75) is 52.7 Å². The lowest BCUT2D eigenvalue weighted by molar-refractivity contribution is -0.0824. The fourth-order valence-corrected chi connectivity index (χ4v) is 0.929. The lowest BCUT2D eigenvalue weighted by Crippen LogP contribution is -2.18. The summed E-state index contributed by atoms with van der Waals surface area (Å²) in [5.74, 6) is 0. The van der Waals surface area contributed by atoms with Gasteiger partial charge in [0.2, 0.25) is 0 Å². The Kier molecular flexibility index (Phi) is 7.20. The van der Waals surface area contributed by atoms with Crippen molar-refractivity contribution in [2.75, 3.05) is 6.79 Å². The lowest BCUT2D eigenvalue weighted by atomic mass is 10.2. The van der Waals surface area contributed by atoms with Crippen LogP contribution in [-0.2, 0) is 14.2 Å². The molecule has 0 spiro atoms. The first-order valence-electron chi connectivity index (χ1n) is 5.05. The fourth-order valence-electron chi connectivity index (χ4n) is 0.929. The van der Waals surface area contributed by atoms with E-state index in [-0.39, 0.29) is 19.0 Å². The van der Waals surface area contributed by atoms with Crippen molar-refractivity contribution in [3.63, 3.8) is 0 Å². The predicted octanol–water partition coefficient (Wildman–Crippen LogP) is 2.71. The fraction of sp³-hybridized carbons (Fsp3) is 0.900. The summed E-state index contributed by atoms with van der Waals surface area (Å²) in [4.78, 5) is 10.9. The van der Waals surface area contributed by atoms with Gasteiger partial charge in [0, 0.05) is 0 Å². The Hall–Kier alpha value is -0.770. The molecule has 0 aliphatic carbocycles. The highest BCUT2D eigenvalue weighted by atomic mass is 16.8. The first kappa shape index (κ1) is 13.2. The van der Waals surface area contributed by atoms with Gasteiger partial charge in [0.1, 0.15) is 0 Å². The van der Waals surface area contributed by atoms with E-state index in [0.29, 0.717) is 0 Å². The van der Waals surface area contributed by atoms with Gasteiger partial charge in [0.15, 0.2) is 6.79 Å². The molecule has 0 amide bonds. The van der Waals surface area contributed by atoms with Crippen LogP contribution in [0.4, 0.5) is 4.79 Å². The quantitative estimate of drug-likeness (QED) is 0.493. The van der Waals surface area contributed by atoms with Crippen molar-refractivity contribution >= 4 is 6.16 Å². The summed E-state index contributed by atoms with van der Waals surface area (Å²) in [6.07, 6.45) is 1.15. The van der Waals surface area contributed by atoms with Crippen LogP contribution < -0.4 is 0 Å². The molecule has 4 heteroatoms. The molecular weight excluding hydrogens is 184 g/mol. The Labute approximate surface area is 85.5 Å². The number of rotatable bonds is 6. The van der Waals surface area contributed by atoms with E-state index in [1.165, 1.54) is 0 Å². The van der Waals surface area contributed by atoms with Crippen molar-refractivity contribution in [3.8, 4) is 0 Å². The Morgan fingerprint density at radius 3 is 2.21 bits per heavy atom. The summed E-state index contributed by atoms with van der Waals surface area (Å²) in [5.41, 5.74) is 0. The topological polar surface area (TPSA) is 44.8 Å². The van der Waals surface area contributed by atoms with Crippen molar-refractivity contribution in [3.05, 3.63) is 0 Å². The molecule has 0 fully saturated rings. The molecule has 0 aromatic heterocycles. The van der Waals surface area contributed by atoms with Gasteiger partial charge < -0.3 is 14.2 Å². The molecule has 0 aliphatic heterocycles. The molecule has 84 valence electrons. The standard InChI is InChI=1S/C10H20O4/c1-5-9(6-2)12-7-13-10(11)14-8(3)4/h8-9H,5-7H2,1-4H3. The van der Waals surface area contributed by atoms with Crippen LogP contribution in [0.5, 0.6) is 0 Å². The summed E-state index contributed by atoms with van der Waals surface area (Å²) in [5, 5.41) is 0. The summed E-state index contributed by atoms with van der Waals surface area (Å²) < 4.78 is 14.7. The molecule has 0 heterocycles. The predicted molar refractivity (Wildman–Crippen MR) is 53.0 cm³/mol. The Bertz CT molecular complexity index is 152. The van der Waals surface area contributed by atoms with Crippen LogP contribution >= 0.6 is 0 Å². The molecule has 14 heavy (non-hydrogen) atoms. The summed E-state index contributed by atoms with van der Waals surface area (Å²) in [7, 11) is 0. The van der Waals surface area contributed by atoms with E-state index in [1.807, 2.05) is 13.8 Å². The van der Waals surface area contributed by atoms with Gasteiger partial charge in [0.25, 0.3) is 0 Å². The molecule has 0 aromatic carbocycles. The molecule has 0 radical (unpaired) electrons. The molecule has 0 aromatic rings. The van der Waals surface area contributed by atoms with Gasteiger partial charge in [-0.3, -0.25) is 0 Å². The third-order valence-corrected chi connectivity index (χ3v) is 1.72. The van der Waals surface area contributed by atoms with Gasteiger partial charge in [-0.15, -0.1) is 0 Å². The molecule has 0 aliphatic rings. The second-order valence-corrected chi connectivity index (χ2v) is 3.28. The highest BCUT2D eigenvalue weighted by Crippen LogP contribution is 2.03. The van der Waals surface area contributed by atoms with Gasteiger partial charge in [-0.05, 0) is 26.7 Å². The third-order valence-electron chi connectivity index (χ3n) is 1.72. The zero-order valence-corrected chi connectivity index (χ0v) is 9.41. The van der Waals surface area contributed by atoms with Crippen LogP contribution in [0.25, 0.3) is 0 Å². The van der Waals surface area contributed by atoms with Gasteiger partial charge >= 0.3 is 6.16 Å². The van der Waals surface area contributed by atoms with Crippen molar-refractivity contribution in [1.29, 1.82) is 0 Å². The number of hydrogen-bond donors (Lipinski definition) is 0. The minimum Gasteiger partial charge on any atom is -0.432 e. The van der Waals surface area contributed by atoms with E-state index < -0.39 is 6.16 Å². The molecule has 0 unspecified atom stereocenters. The smallest absolute Gasteiger partial charge is 0.432 e. The number of carbonyl (C=O) groups is 1. The first-order valence-corrected chi connectivity index (χ1v) is 5.05. The number of hydrogen-bond acceptors (Lipinski definition) is 4. The minimum atomic E-state index is -0.675. The Balaban J connectivity index is 3.48. The molecule has 0 rings (SSSR count). The van der Waals surface area contributed by atoms with Crippen LogP contribution in [0.1, 0.15) is 40.5 Å². The van der Waals surface area contributed by atoms with Crippen molar-refractivity contribution in [2.24, 2.45) is 0 Å². The maximum Gasteiger partial charge on any atom is 0.510 e. The van der Waals surface area contributed by atoms with Crippen molar-refractivity contribution in [1.82, 2.24) is 0 Å². The van der Waals surface area contributed by atoms with E-state index in [2.05, 4.69) is 0 Å². The second-order valence-electron chi connectivity index (χ2n) is 3.28. The van der Waals surface area contributed by atoms with Gasteiger partial charge in [0.05, 0.1) is 12.2 Å².